The fourth-order valence-corrected chi connectivity index (χ4v) is 3.62. The van der Waals surface area contributed by atoms with Crippen molar-refractivity contribution in [2.75, 3.05) is 39.3 Å². The molecule has 1 aromatic heterocycles. The minimum atomic E-state index is -3.13. The van der Waals surface area contributed by atoms with E-state index < -0.39 is 18.4 Å². The van der Waals surface area contributed by atoms with Crippen LogP contribution in [0.2, 0.25) is 0 Å². The predicted molar refractivity (Wildman–Crippen MR) is 88.6 cm³/mol. The van der Waals surface area contributed by atoms with Crippen LogP contribution < -0.4 is 0 Å². The summed E-state index contributed by atoms with van der Waals surface area (Å²) in [5.41, 5.74) is 0.437. The van der Waals surface area contributed by atoms with Gasteiger partial charge in [-0.15, -0.1) is 0 Å². The quantitative estimate of drug-likeness (QED) is 0.838. The van der Waals surface area contributed by atoms with Gasteiger partial charge in [0.15, 0.2) is 0 Å². The van der Waals surface area contributed by atoms with Crippen LogP contribution in [-0.4, -0.2) is 75.8 Å². The highest BCUT2D eigenvalue weighted by molar-refractivity contribution is 5.93. The molecule has 1 unspecified atom stereocenters. The summed E-state index contributed by atoms with van der Waals surface area (Å²) < 4.78 is 28.9. The van der Waals surface area contributed by atoms with Gasteiger partial charge in [-0.05, 0) is 32.4 Å². The molecular weight excluding hydrogens is 330 g/mol. The number of carbonyl (C=O) groups excluding carboxylic acids is 1. The summed E-state index contributed by atoms with van der Waals surface area (Å²) in [5, 5.41) is 13.0. The highest BCUT2D eigenvalue weighted by atomic mass is 19.3. The highest BCUT2D eigenvalue weighted by Gasteiger charge is 2.44. The Labute approximate surface area is 146 Å². The van der Waals surface area contributed by atoms with E-state index in [0.29, 0.717) is 5.56 Å². The zero-order valence-electron chi connectivity index (χ0n) is 14.4. The Kier molecular flexibility index (Phi) is 5.68. The highest BCUT2D eigenvalue weighted by Crippen LogP contribution is 2.32. The van der Waals surface area contributed by atoms with Gasteiger partial charge in [0, 0.05) is 31.7 Å². The molecule has 2 saturated heterocycles. The largest absolute Gasteiger partial charge is 0.390 e. The van der Waals surface area contributed by atoms with Crippen LogP contribution in [0.1, 0.15) is 36.0 Å². The van der Waals surface area contributed by atoms with Gasteiger partial charge in [0.2, 0.25) is 0 Å². The van der Waals surface area contributed by atoms with Crippen molar-refractivity contribution in [1.29, 1.82) is 0 Å². The minimum Gasteiger partial charge on any atom is -0.390 e. The van der Waals surface area contributed by atoms with Gasteiger partial charge in [-0.25, -0.2) is 8.78 Å². The Morgan fingerprint density at radius 3 is 2.72 bits per heavy atom. The van der Waals surface area contributed by atoms with Gasteiger partial charge in [-0.3, -0.25) is 9.48 Å². The molecule has 0 saturated carbocycles. The molecule has 2 aliphatic heterocycles. The van der Waals surface area contributed by atoms with Crippen molar-refractivity contribution in [3.05, 3.63) is 18.0 Å². The molecule has 0 spiro atoms. The Hall–Kier alpha value is -1.54. The summed E-state index contributed by atoms with van der Waals surface area (Å²) in [4.78, 5) is 16.3. The molecule has 140 valence electrons. The van der Waals surface area contributed by atoms with Crippen molar-refractivity contribution >= 4 is 5.91 Å². The van der Waals surface area contributed by atoms with E-state index in [1.165, 1.54) is 30.4 Å². The van der Waals surface area contributed by atoms with Crippen molar-refractivity contribution < 1.29 is 18.7 Å². The molecule has 8 heteroatoms. The van der Waals surface area contributed by atoms with E-state index in [2.05, 4.69) is 10.00 Å². The van der Waals surface area contributed by atoms with E-state index in [0.717, 1.165) is 26.2 Å². The number of hydrogen-bond acceptors (Lipinski definition) is 4. The van der Waals surface area contributed by atoms with E-state index in [4.69, 9.17) is 5.11 Å². The number of alkyl halides is 2. The molecule has 1 N–H and O–H groups in total. The normalized spacial score (nSPS) is 22.5. The summed E-state index contributed by atoms with van der Waals surface area (Å²) in [7, 11) is 0. The molecule has 1 amide bonds. The maximum atomic E-state index is 13.6. The standard InChI is InChI=1S/C17H26F2N4O2/c18-17(19,13-24)15-4-7-22(12-15)16(25)14-10-20-23(11-14)9-8-21-5-2-1-3-6-21/h10-11,15,24H,1-9,12-13H2. The lowest BCUT2D eigenvalue weighted by atomic mass is 10.0. The molecule has 3 rings (SSSR count). The van der Waals surface area contributed by atoms with E-state index in [9.17, 15) is 13.6 Å². The van der Waals surface area contributed by atoms with E-state index in [1.54, 1.807) is 10.9 Å². The topological polar surface area (TPSA) is 61.6 Å². The van der Waals surface area contributed by atoms with E-state index >= 15 is 0 Å². The molecular formula is C17H26F2N4O2. The van der Waals surface area contributed by atoms with Gasteiger partial charge >= 0.3 is 0 Å². The number of nitrogens with zero attached hydrogens (tertiary/aromatic N) is 4. The molecule has 2 aliphatic rings. The van der Waals surface area contributed by atoms with Crippen molar-refractivity contribution in [3.8, 4) is 0 Å². The third-order valence-electron chi connectivity index (χ3n) is 5.26. The number of aliphatic hydroxyl groups is 1. The zero-order chi connectivity index (χ0) is 17.9. The fraction of sp³-hybridized carbons (Fsp3) is 0.765. The molecule has 3 heterocycles. The number of rotatable bonds is 6. The number of piperidine rings is 1. The van der Waals surface area contributed by atoms with Crippen molar-refractivity contribution in [2.45, 2.75) is 38.2 Å². The number of aromatic nitrogens is 2. The second-order valence-electron chi connectivity index (χ2n) is 7.05. The first-order valence-corrected chi connectivity index (χ1v) is 9.02. The third kappa shape index (κ3) is 4.36. The molecule has 0 aliphatic carbocycles. The maximum Gasteiger partial charge on any atom is 0.275 e. The molecule has 6 nitrogen and oxygen atoms in total. The monoisotopic (exact) mass is 356 g/mol. The lowest BCUT2D eigenvalue weighted by Gasteiger charge is -2.26. The van der Waals surface area contributed by atoms with Gasteiger partial charge < -0.3 is 14.9 Å². The molecule has 0 radical (unpaired) electrons. The van der Waals surface area contributed by atoms with Crippen LogP contribution in [0.4, 0.5) is 8.78 Å². The first kappa shape index (κ1) is 18.3. The molecule has 25 heavy (non-hydrogen) atoms. The van der Waals surface area contributed by atoms with Gasteiger partial charge in [-0.1, -0.05) is 6.42 Å². The predicted octanol–water partition coefficient (Wildman–Crippen LogP) is 1.46. The Balaban J connectivity index is 1.52. The summed E-state index contributed by atoms with van der Waals surface area (Å²) in [6, 6.07) is 0. The second-order valence-corrected chi connectivity index (χ2v) is 7.05. The zero-order valence-corrected chi connectivity index (χ0v) is 14.4. The summed E-state index contributed by atoms with van der Waals surface area (Å²) >= 11 is 0. The molecule has 0 bridgehead atoms. The lowest BCUT2D eigenvalue weighted by molar-refractivity contribution is -0.0930. The molecule has 2 fully saturated rings. The van der Waals surface area contributed by atoms with Crippen molar-refractivity contribution in [3.63, 3.8) is 0 Å². The van der Waals surface area contributed by atoms with Crippen LogP contribution in [0.25, 0.3) is 0 Å². The number of aliphatic hydroxyl groups excluding tert-OH is 1. The maximum absolute atomic E-state index is 13.6. The number of halogens is 2. The Morgan fingerprint density at radius 2 is 2.00 bits per heavy atom. The van der Waals surface area contributed by atoms with Crippen molar-refractivity contribution in [1.82, 2.24) is 19.6 Å². The fourth-order valence-electron chi connectivity index (χ4n) is 3.62. The van der Waals surface area contributed by atoms with Crippen LogP contribution >= 0.6 is 0 Å². The van der Waals surface area contributed by atoms with Crippen LogP contribution in [0.15, 0.2) is 12.4 Å². The van der Waals surface area contributed by atoms with Crippen LogP contribution in [0, 0.1) is 5.92 Å². The Morgan fingerprint density at radius 1 is 1.24 bits per heavy atom. The van der Waals surface area contributed by atoms with Gasteiger partial charge in [0.1, 0.15) is 6.61 Å². The molecule has 1 aromatic rings. The number of hydrogen-bond donors (Lipinski definition) is 1. The van der Waals surface area contributed by atoms with Crippen LogP contribution in [-0.2, 0) is 6.54 Å². The average Bonchev–Trinajstić information content (AvgIpc) is 3.30. The van der Waals surface area contributed by atoms with Crippen molar-refractivity contribution in [2.24, 2.45) is 5.92 Å². The number of amides is 1. The van der Waals surface area contributed by atoms with E-state index in [1.807, 2.05) is 0 Å². The summed E-state index contributed by atoms with van der Waals surface area (Å²) in [6.07, 6.45) is 7.18. The second kappa shape index (κ2) is 7.78. The van der Waals surface area contributed by atoms with E-state index in [-0.39, 0.29) is 25.4 Å². The summed E-state index contributed by atoms with van der Waals surface area (Å²) in [6.45, 7) is 2.95. The van der Waals surface area contributed by atoms with Crippen LogP contribution in [0.5, 0.6) is 0 Å². The first-order chi connectivity index (χ1) is 12.0. The Bertz CT molecular complexity index is 587. The SMILES string of the molecule is O=C(c1cnn(CCN2CCCCC2)c1)N1CCC(C(F)(F)CO)C1. The lowest BCUT2D eigenvalue weighted by Crippen LogP contribution is -2.36. The first-order valence-electron chi connectivity index (χ1n) is 9.02. The average molecular weight is 356 g/mol. The number of carbonyl (C=O) groups is 1. The van der Waals surface area contributed by atoms with Gasteiger partial charge in [-0.2, -0.15) is 5.10 Å². The van der Waals surface area contributed by atoms with Gasteiger partial charge in [0.25, 0.3) is 11.8 Å². The number of likely N-dealkylation sites (tertiary alicyclic amines) is 2. The third-order valence-corrected chi connectivity index (χ3v) is 5.26. The molecule has 1 atom stereocenters. The van der Waals surface area contributed by atoms with Gasteiger partial charge in [0.05, 0.1) is 18.3 Å². The summed E-state index contributed by atoms with van der Waals surface area (Å²) in [5.74, 6) is -4.37. The smallest absolute Gasteiger partial charge is 0.275 e. The van der Waals surface area contributed by atoms with Crippen LogP contribution in [0.3, 0.4) is 0 Å². The minimum absolute atomic E-state index is 0.0225. The molecule has 0 aromatic carbocycles.